The van der Waals surface area contributed by atoms with E-state index in [1.807, 2.05) is 32.9 Å². The van der Waals surface area contributed by atoms with Crippen LogP contribution < -0.4 is 10.1 Å². The van der Waals surface area contributed by atoms with Crippen molar-refractivity contribution in [2.45, 2.75) is 46.8 Å². The highest BCUT2D eigenvalue weighted by Gasteiger charge is 2.12. The molecule has 2 heterocycles. The van der Waals surface area contributed by atoms with E-state index >= 15 is 0 Å². The van der Waals surface area contributed by atoms with E-state index in [0.717, 1.165) is 23.7 Å². The lowest BCUT2D eigenvalue weighted by Crippen LogP contribution is -2.14. The van der Waals surface area contributed by atoms with E-state index in [-0.39, 0.29) is 12.5 Å². The molecule has 6 heteroatoms. The van der Waals surface area contributed by atoms with Gasteiger partial charge in [0.15, 0.2) is 6.61 Å². The van der Waals surface area contributed by atoms with Crippen LogP contribution in [0.2, 0.25) is 0 Å². The molecule has 0 aliphatic carbocycles. The molecular weight excluding hydrogens is 268 g/mol. The van der Waals surface area contributed by atoms with Crippen molar-refractivity contribution in [2.24, 2.45) is 0 Å². The van der Waals surface area contributed by atoms with Gasteiger partial charge in [0.05, 0.1) is 5.69 Å². The minimum absolute atomic E-state index is 0.219. The van der Waals surface area contributed by atoms with Crippen molar-refractivity contribution in [1.29, 1.82) is 0 Å². The van der Waals surface area contributed by atoms with Crippen LogP contribution in [0.4, 0.5) is 0 Å². The average Bonchev–Trinajstić information content (AvgIpc) is 2.93. The van der Waals surface area contributed by atoms with Crippen molar-refractivity contribution in [3.05, 3.63) is 35.2 Å². The molecule has 0 atom stereocenters. The highest BCUT2D eigenvalue weighted by atomic mass is 16.5. The Bertz CT molecular complexity index is 581. The molecule has 1 N–H and O–H groups in total. The van der Waals surface area contributed by atoms with Crippen LogP contribution >= 0.6 is 0 Å². The summed E-state index contributed by atoms with van der Waals surface area (Å²) in [5.41, 5.74) is 1.86. The maximum atomic E-state index is 5.78. The third-order valence-corrected chi connectivity index (χ3v) is 2.95. The van der Waals surface area contributed by atoms with Gasteiger partial charge in [0.2, 0.25) is 11.7 Å². The molecule has 2 rings (SSSR count). The summed E-state index contributed by atoms with van der Waals surface area (Å²) in [5.74, 6) is 2.14. The normalized spacial score (nSPS) is 11.1. The van der Waals surface area contributed by atoms with E-state index in [2.05, 4.69) is 27.4 Å². The summed E-state index contributed by atoms with van der Waals surface area (Å²) in [4.78, 5) is 8.80. The molecule has 0 aromatic carbocycles. The lowest BCUT2D eigenvalue weighted by molar-refractivity contribution is 0.279. The van der Waals surface area contributed by atoms with Gasteiger partial charge in [0.1, 0.15) is 5.75 Å². The Labute approximate surface area is 124 Å². The van der Waals surface area contributed by atoms with E-state index in [4.69, 9.17) is 9.26 Å². The molecule has 0 saturated heterocycles. The number of hydrogen-bond acceptors (Lipinski definition) is 6. The zero-order valence-electron chi connectivity index (χ0n) is 13.0. The van der Waals surface area contributed by atoms with Gasteiger partial charge in [0, 0.05) is 18.2 Å². The predicted octanol–water partition coefficient (Wildman–Crippen LogP) is 2.58. The van der Waals surface area contributed by atoms with Crippen molar-refractivity contribution >= 4 is 0 Å². The van der Waals surface area contributed by atoms with Crippen LogP contribution in [0.15, 0.2) is 16.7 Å². The molecule has 6 nitrogen and oxygen atoms in total. The van der Waals surface area contributed by atoms with Crippen LogP contribution in [0.5, 0.6) is 5.75 Å². The third-order valence-electron chi connectivity index (χ3n) is 2.95. The van der Waals surface area contributed by atoms with Crippen LogP contribution in [-0.2, 0) is 13.2 Å². The smallest absolute Gasteiger partial charge is 0.229 e. The summed E-state index contributed by atoms with van der Waals surface area (Å²) >= 11 is 0. The molecule has 21 heavy (non-hydrogen) atoms. The van der Waals surface area contributed by atoms with Crippen molar-refractivity contribution < 1.29 is 9.26 Å². The SMILES string of the molecule is CCNCc1nc(C)ccc1OCc1noc(C(C)C)n1. The first-order valence-corrected chi connectivity index (χ1v) is 7.22. The van der Waals surface area contributed by atoms with Gasteiger partial charge in [-0.2, -0.15) is 4.98 Å². The standard InChI is InChI=1S/C15H22N4O2/c1-5-16-8-12-13(7-6-11(4)17-12)20-9-14-18-15(10(2)3)21-19-14/h6-7,10,16H,5,8-9H2,1-4H3. The molecule has 0 amide bonds. The number of nitrogens with zero attached hydrogens (tertiary/aromatic N) is 3. The molecule has 0 bridgehead atoms. The summed E-state index contributed by atoms with van der Waals surface area (Å²) in [6.45, 7) is 9.89. The first-order valence-electron chi connectivity index (χ1n) is 7.22. The number of rotatable bonds is 7. The molecular formula is C15H22N4O2. The highest BCUT2D eigenvalue weighted by molar-refractivity contribution is 5.29. The van der Waals surface area contributed by atoms with Gasteiger partial charge in [0.25, 0.3) is 0 Å². The molecule has 0 aliphatic heterocycles. The van der Waals surface area contributed by atoms with Crippen LogP contribution in [0.25, 0.3) is 0 Å². The number of aryl methyl sites for hydroxylation is 1. The van der Waals surface area contributed by atoms with E-state index in [9.17, 15) is 0 Å². The molecule has 2 aromatic rings. The van der Waals surface area contributed by atoms with Gasteiger partial charge in [-0.05, 0) is 25.6 Å². The fourth-order valence-corrected chi connectivity index (χ4v) is 1.80. The number of nitrogens with one attached hydrogen (secondary N) is 1. The fourth-order valence-electron chi connectivity index (χ4n) is 1.80. The van der Waals surface area contributed by atoms with E-state index < -0.39 is 0 Å². The zero-order chi connectivity index (χ0) is 15.2. The topological polar surface area (TPSA) is 73.1 Å². The maximum Gasteiger partial charge on any atom is 0.229 e. The third kappa shape index (κ3) is 4.26. The van der Waals surface area contributed by atoms with E-state index in [1.165, 1.54) is 0 Å². The van der Waals surface area contributed by atoms with Gasteiger partial charge in [-0.25, -0.2) is 0 Å². The molecule has 0 saturated carbocycles. The second-order valence-electron chi connectivity index (χ2n) is 5.17. The molecule has 0 aliphatic rings. The highest BCUT2D eigenvalue weighted by Crippen LogP contribution is 2.18. The molecule has 0 spiro atoms. The largest absolute Gasteiger partial charge is 0.484 e. The van der Waals surface area contributed by atoms with Crippen LogP contribution in [-0.4, -0.2) is 21.7 Å². The first kappa shape index (κ1) is 15.4. The minimum atomic E-state index is 0.219. The Balaban J connectivity index is 2.04. The Kier molecular flexibility index (Phi) is 5.27. The number of ether oxygens (including phenoxy) is 1. The number of hydrogen-bond donors (Lipinski definition) is 1. The summed E-state index contributed by atoms with van der Waals surface area (Å²) in [5, 5.41) is 7.17. The summed E-state index contributed by atoms with van der Waals surface area (Å²) < 4.78 is 10.9. The maximum absolute atomic E-state index is 5.78. The van der Waals surface area contributed by atoms with Gasteiger partial charge in [-0.1, -0.05) is 25.9 Å². The molecule has 114 valence electrons. The van der Waals surface area contributed by atoms with Crippen LogP contribution in [0.3, 0.4) is 0 Å². The summed E-state index contributed by atoms with van der Waals surface area (Å²) in [6.07, 6.45) is 0. The van der Waals surface area contributed by atoms with Crippen molar-refractivity contribution in [2.75, 3.05) is 6.54 Å². The molecule has 2 aromatic heterocycles. The Morgan fingerprint density at radius 2 is 2.10 bits per heavy atom. The van der Waals surface area contributed by atoms with Gasteiger partial charge in [-0.15, -0.1) is 0 Å². The molecule has 0 unspecified atom stereocenters. The lowest BCUT2D eigenvalue weighted by atomic mass is 10.2. The molecule has 0 radical (unpaired) electrons. The van der Waals surface area contributed by atoms with Gasteiger partial charge < -0.3 is 14.6 Å². The number of pyridine rings is 1. The minimum Gasteiger partial charge on any atom is -0.484 e. The first-order chi connectivity index (χ1) is 10.1. The lowest BCUT2D eigenvalue weighted by Gasteiger charge is -2.10. The molecule has 0 fully saturated rings. The second-order valence-corrected chi connectivity index (χ2v) is 5.17. The van der Waals surface area contributed by atoms with Gasteiger partial charge >= 0.3 is 0 Å². The average molecular weight is 290 g/mol. The Morgan fingerprint density at radius 3 is 2.76 bits per heavy atom. The van der Waals surface area contributed by atoms with Crippen molar-refractivity contribution in [3.63, 3.8) is 0 Å². The number of aromatic nitrogens is 3. The quantitative estimate of drug-likeness (QED) is 0.845. The fraction of sp³-hybridized carbons (Fsp3) is 0.533. The Morgan fingerprint density at radius 1 is 1.29 bits per heavy atom. The van der Waals surface area contributed by atoms with E-state index in [1.54, 1.807) is 0 Å². The van der Waals surface area contributed by atoms with Crippen LogP contribution in [0.1, 0.15) is 49.8 Å². The van der Waals surface area contributed by atoms with Gasteiger partial charge in [-0.3, -0.25) is 4.98 Å². The summed E-state index contributed by atoms with van der Waals surface area (Å²) in [7, 11) is 0. The second kappa shape index (κ2) is 7.17. The zero-order valence-corrected chi connectivity index (χ0v) is 13.0. The van der Waals surface area contributed by atoms with E-state index in [0.29, 0.717) is 18.3 Å². The van der Waals surface area contributed by atoms with Crippen LogP contribution in [0, 0.1) is 6.92 Å². The predicted molar refractivity (Wildman–Crippen MR) is 79.1 cm³/mol. The monoisotopic (exact) mass is 290 g/mol. The Hall–Kier alpha value is -1.95. The van der Waals surface area contributed by atoms with Crippen molar-refractivity contribution in [1.82, 2.24) is 20.4 Å². The summed E-state index contributed by atoms with van der Waals surface area (Å²) in [6, 6.07) is 3.86. The van der Waals surface area contributed by atoms with Crippen molar-refractivity contribution in [3.8, 4) is 5.75 Å².